The maximum absolute atomic E-state index is 9.17. The summed E-state index contributed by atoms with van der Waals surface area (Å²) in [6.45, 7) is 2.51. The molecule has 1 aromatic carbocycles. The van der Waals surface area contributed by atoms with Crippen molar-refractivity contribution in [3.05, 3.63) is 24.4 Å². The van der Waals surface area contributed by atoms with Gasteiger partial charge in [0.15, 0.2) is 0 Å². The molecule has 0 fully saturated rings. The minimum absolute atomic E-state index is 0.289. The van der Waals surface area contributed by atoms with E-state index >= 15 is 0 Å². The summed E-state index contributed by atoms with van der Waals surface area (Å²) >= 11 is 0. The second-order valence-corrected chi connectivity index (χ2v) is 3.85. The van der Waals surface area contributed by atoms with Crippen molar-refractivity contribution in [3.63, 3.8) is 0 Å². The van der Waals surface area contributed by atoms with Crippen molar-refractivity contribution >= 4 is 16.6 Å². The third-order valence-corrected chi connectivity index (χ3v) is 2.35. The lowest BCUT2D eigenvalue weighted by Gasteiger charge is -2.02. The van der Waals surface area contributed by atoms with Crippen LogP contribution in [0.2, 0.25) is 0 Å². The molecule has 0 aliphatic carbocycles. The van der Waals surface area contributed by atoms with Gasteiger partial charge in [0.2, 0.25) is 0 Å². The van der Waals surface area contributed by atoms with Gasteiger partial charge in [0.05, 0.1) is 11.6 Å². The Morgan fingerprint density at radius 2 is 2.33 bits per heavy atom. The summed E-state index contributed by atoms with van der Waals surface area (Å²) in [4.78, 5) is 0. The summed E-state index contributed by atoms with van der Waals surface area (Å²) in [7, 11) is 0. The van der Waals surface area contributed by atoms with Crippen LogP contribution in [-0.2, 0) is 6.54 Å². The molecule has 4 heteroatoms. The van der Waals surface area contributed by atoms with E-state index in [-0.39, 0.29) is 6.10 Å². The molecule has 0 saturated heterocycles. The molecule has 4 nitrogen and oxygen atoms in total. The fraction of sp³-hybridized carbons (Fsp3) is 0.364. The molecular weight excluding hydrogens is 190 g/mol. The lowest BCUT2D eigenvalue weighted by atomic mass is 10.2. The first-order valence-electron chi connectivity index (χ1n) is 5.06. The molecule has 1 heterocycles. The summed E-state index contributed by atoms with van der Waals surface area (Å²) in [6.07, 6.45) is 2.39. The van der Waals surface area contributed by atoms with Gasteiger partial charge in [-0.2, -0.15) is 5.10 Å². The van der Waals surface area contributed by atoms with Crippen LogP contribution >= 0.6 is 0 Å². The Hall–Kier alpha value is -1.55. The van der Waals surface area contributed by atoms with Gasteiger partial charge in [-0.25, -0.2) is 0 Å². The SMILES string of the molecule is CC(O)CCn1cc2ccc(N)cc2n1. The minimum Gasteiger partial charge on any atom is -0.399 e. The number of aryl methyl sites for hydroxylation is 1. The predicted octanol–water partition coefficient (Wildman–Crippen LogP) is 1.39. The highest BCUT2D eigenvalue weighted by molar-refractivity contribution is 5.81. The van der Waals surface area contributed by atoms with E-state index in [1.54, 1.807) is 6.92 Å². The topological polar surface area (TPSA) is 64.1 Å². The van der Waals surface area contributed by atoms with Crippen LogP contribution in [0, 0.1) is 0 Å². The van der Waals surface area contributed by atoms with Gasteiger partial charge in [0.25, 0.3) is 0 Å². The van der Waals surface area contributed by atoms with Crippen molar-refractivity contribution < 1.29 is 5.11 Å². The van der Waals surface area contributed by atoms with E-state index in [0.29, 0.717) is 6.42 Å². The number of fused-ring (bicyclic) bond motifs is 1. The van der Waals surface area contributed by atoms with Crippen molar-refractivity contribution in [3.8, 4) is 0 Å². The van der Waals surface area contributed by atoms with Gasteiger partial charge in [-0.3, -0.25) is 4.68 Å². The molecule has 0 bridgehead atoms. The van der Waals surface area contributed by atoms with Crippen LogP contribution < -0.4 is 5.73 Å². The zero-order chi connectivity index (χ0) is 10.8. The molecule has 3 N–H and O–H groups in total. The van der Waals surface area contributed by atoms with Gasteiger partial charge in [-0.15, -0.1) is 0 Å². The van der Waals surface area contributed by atoms with Gasteiger partial charge in [-0.1, -0.05) is 0 Å². The molecule has 0 aliphatic rings. The molecule has 1 aromatic heterocycles. The Kier molecular flexibility index (Phi) is 2.60. The number of anilines is 1. The van der Waals surface area contributed by atoms with Crippen LogP contribution in [0.1, 0.15) is 13.3 Å². The van der Waals surface area contributed by atoms with E-state index in [1.165, 1.54) is 0 Å². The van der Waals surface area contributed by atoms with Crippen LogP contribution in [0.5, 0.6) is 0 Å². The van der Waals surface area contributed by atoms with Crippen molar-refractivity contribution in [1.82, 2.24) is 9.78 Å². The van der Waals surface area contributed by atoms with E-state index in [0.717, 1.165) is 23.1 Å². The Morgan fingerprint density at radius 3 is 3.07 bits per heavy atom. The van der Waals surface area contributed by atoms with Crippen LogP contribution in [-0.4, -0.2) is 21.0 Å². The van der Waals surface area contributed by atoms with Crippen LogP contribution in [0.3, 0.4) is 0 Å². The molecule has 2 aromatic rings. The molecule has 0 saturated carbocycles. The van der Waals surface area contributed by atoms with Gasteiger partial charge >= 0.3 is 0 Å². The maximum Gasteiger partial charge on any atom is 0.0943 e. The molecular formula is C11H15N3O. The van der Waals surface area contributed by atoms with E-state index in [2.05, 4.69) is 5.10 Å². The number of aliphatic hydroxyl groups is 1. The number of rotatable bonds is 3. The van der Waals surface area contributed by atoms with E-state index in [4.69, 9.17) is 5.73 Å². The molecule has 1 atom stereocenters. The van der Waals surface area contributed by atoms with Crippen LogP contribution in [0.25, 0.3) is 10.9 Å². The lowest BCUT2D eigenvalue weighted by Crippen LogP contribution is -2.07. The summed E-state index contributed by atoms with van der Waals surface area (Å²) in [5.74, 6) is 0. The molecule has 2 rings (SSSR count). The standard InChI is InChI=1S/C11H15N3O/c1-8(15)4-5-14-7-9-2-3-10(12)6-11(9)13-14/h2-3,6-8,15H,4-5,12H2,1H3. The molecule has 80 valence electrons. The first-order chi connectivity index (χ1) is 7.15. The van der Waals surface area contributed by atoms with Crippen molar-refractivity contribution in [1.29, 1.82) is 0 Å². The number of hydrogen-bond donors (Lipinski definition) is 2. The Labute approximate surface area is 88.3 Å². The molecule has 0 spiro atoms. The fourth-order valence-corrected chi connectivity index (χ4v) is 1.52. The highest BCUT2D eigenvalue weighted by Gasteiger charge is 2.02. The third kappa shape index (κ3) is 2.27. The first-order valence-corrected chi connectivity index (χ1v) is 5.06. The summed E-state index contributed by atoms with van der Waals surface area (Å²) in [5, 5.41) is 14.6. The molecule has 0 amide bonds. The number of aliphatic hydroxyl groups excluding tert-OH is 1. The van der Waals surface area contributed by atoms with Gasteiger partial charge < -0.3 is 10.8 Å². The number of benzene rings is 1. The zero-order valence-electron chi connectivity index (χ0n) is 8.72. The smallest absolute Gasteiger partial charge is 0.0943 e. The fourth-order valence-electron chi connectivity index (χ4n) is 1.52. The Balaban J connectivity index is 2.23. The second-order valence-electron chi connectivity index (χ2n) is 3.85. The highest BCUT2D eigenvalue weighted by atomic mass is 16.3. The van der Waals surface area contributed by atoms with Crippen LogP contribution in [0.15, 0.2) is 24.4 Å². The minimum atomic E-state index is -0.289. The third-order valence-electron chi connectivity index (χ3n) is 2.35. The Morgan fingerprint density at radius 1 is 1.53 bits per heavy atom. The summed E-state index contributed by atoms with van der Waals surface area (Å²) < 4.78 is 1.84. The van der Waals surface area contributed by atoms with Crippen molar-refractivity contribution in [2.24, 2.45) is 0 Å². The molecule has 1 unspecified atom stereocenters. The van der Waals surface area contributed by atoms with Gasteiger partial charge in [-0.05, 0) is 31.5 Å². The number of nitrogens with zero attached hydrogens (tertiary/aromatic N) is 2. The number of nitrogen functional groups attached to an aromatic ring is 1. The van der Waals surface area contributed by atoms with E-state index in [1.807, 2.05) is 29.1 Å². The average molecular weight is 205 g/mol. The Bertz CT molecular complexity index is 462. The zero-order valence-corrected chi connectivity index (χ0v) is 8.72. The average Bonchev–Trinajstić information content (AvgIpc) is 2.56. The van der Waals surface area contributed by atoms with Gasteiger partial charge in [0.1, 0.15) is 0 Å². The molecule has 0 aliphatic heterocycles. The number of hydrogen-bond acceptors (Lipinski definition) is 3. The number of aromatic nitrogens is 2. The highest BCUT2D eigenvalue weighted by Crippen LogP contribution is 2.15. The second kappa shape index (κ2) is 3.90. The van der Waals surface area contributed by atoms with Crippen LogP contribution in [0.4, 0.5) is 5.69 Å². The largest absolute Gasteiger partial charge is 0.399 e. The summed E-state index contributed by atoms with van der Waals surface area (Å²) in [6, 6.07) is 5.67. The van der Waals surface area contributed by atoms with E-state index in [9.17, 15) is 5.11 Å². The monoisotopic (exact) mass is 205 g/mol. The van der Waals surface area contributed by atoms with Crippen molar-refractivity contribution in [2.75, 3.05) is 5.73 Å². The first kappa shape index (κ1) is 9.98. The summed E-state index contributed by atoms with van der Waals surface area (Å²) in [5.41, 5.74) is 7.29. The molecule has 15 heavy (non-hydrogen) atoms. The predicted molar refractivity (Wildman–Crippen MR) is 60.4 cm³/mol. The van der Waals surface area contributed by atoms with Crippen molar-refractivity contribution in [2.45, 2.75) is 26.0 Å². The molecule has 0 radical (unpaired) electrons. The maximum atomic E-state index is 9.17. The normalized spacial score (nSPS) is 13.2. The number of nitrogens with two attached hydrogens (primary N) is 1. The quantitative estimate of drug-likeness (QED) is 0.744. The van der Waals surface area contributed by atoms with E-state index < -0.39 is 0 Å². The lowest BCUT2D eigenvalue weighted by molar-refractivity contribution is 0.176. The van der Waals surface area contributed by atoms with Gasteiger partial charge in [0, 0.05) is 23.8 Å².